The van der Waals surface area contributed by atoms with E-state index in [9.17, 15) is 14.2 Å². The smallest absolute Gasteiger partial charge is 0.369 e. The highest BCUT2D eigenvalue weighted by Gasteiger charge is 2.44. The summed E-state index contributed by atoms with van der Waals surface area (Å²) in [5, 5.41) is -0.469. The van der Waals surface area contributed by atoms with E-state index in [-0.39, 0.29) is 18.8 Å². The van der Waals surface area contributed by atoms with E-state index >= 15 is 0 Å². The van der Waals surface area contributed by atoms with Crippen LogP contribution in [0.3, 0.4) is 0 Å². The maximum absolute atomic E-state index is 13.8. The summed E-state index contributed by atoms with van der Waals surface area (Å²) in [7, 11) is -0.345. The fraction of sp³-hybridized carbons (Fsp3) is 0.545. The molecule has 0 aliphatic carbocycles. The maximum Gasteiger partial charge on any atom is 0.369 e. The summed E-state index contributed by atoms with van der Waals surface area (Å²) >= 11 is 0. The summed E-state index contributed by atoms with van der Waals surface area (Å²) in [5.41, 5.74) is 0.509. The lowest BCUT2D eigenvalue weighted by atomic mass is 9.96. The molecule has 1 unspecified atom stereocenters. The number of likely N-dealkylation sites (N-methyl/N-ethyl adjacent to an activating group) is 1. The minimum absolute atomic E-state index is 0.00923. The molecule has 0 spiro atoms. The van der Waals surface area contributed by atoms with Crippen LogP contribution in [-0.4, -0.2) is 64.5 Å². The SMILES string of the molecule is CCOP(=O)(OCC)/C(C(=O)OC)=C(\C(=O)OC)C(c1ccc(OC)cc1)N(CC)CC. The third kappa shape index (κ3) is 6.42. The fourth-order valence-electron chi connectivity index (χ4n) is 3.36. The summed E-state index contributed by atoms with van der Waals surface area (Å²) < 4.78 is 39.8. The first kappa shape index (κ1) is 27.8. The molecule has 0 aromatic heterocycles. The van der Waals surface area contributed by atoms with Gasteiger partial charge >= 0.3 is 19.5 Å². The minimum Gasteiger partial charge on any atom is -0.497 e. The van der Waals surface area contributed by atoms with Gasteiger partial charge in [0.2, 0.25) is 0 Å². The van der Waals surface area contributed by atoms with Crippen LogP contribution >= 0.6 is 7.60 Å². The lowest BCUT2D eigenvalue weighted by Crippen LogP contribution is -2.34. The molecule has 0 aliphatic rings. The van der Waals surface area contributed by atoms with E-state index in [2.05, 4.69) is 0 Å². The van der Waals surface area contributed by atoms with Gasteiger partial charge in [0.1, 0.15) is 5.75 Å². The Bertz CT molecular complexity index is 823. The first-order chi connectivity index (χ1) is 15.3. The predicted octanol–water partition coefficient (Wildman–Crippen LogP) is 3.94. The number of ether oxygens (including phenoxy) is 3. The number of carbonyl (C=O) groups is 2. The van der Waals surface area contributed by atoms with Gasteiger partial charge in [-0.25, -0.2) is 9.59 Å². The standard InChI is InChI=1S/C22H34NO8P/c1-8-23(9-2)19(16-12-14-17(27-5)15-13-16)18(21(24)28-6)20(22(25)29-7)32(26,30-10-3)31-11-4/h12-15,19H,8-11H2,1-7H3/b20-18-. The van der Waals surface area contributed by atoms with Crippen molar-refractivity contribution in [1.29, 1.82) is 0 Å². The predicted molar refractivity (Wildman–Crippen MR) is 121 cm³/mol. The van der Waals surface area contributed by atoms with Gasteiger partial charge in [-0.15, -0.1) is 0 Å². The van der Waals surface area contributed by atoms with E-state index in [0.29, 0.717) is 24.4 Å². The monoisotopic (exact) mass is 471 g/mol. The molecule has 0 aliphatic heterocycles. The van der Waals surface area contributed by atoms with Crippen molar-refractivity contribution in [3.8, 4) is 5.75 Å². The molecule has 1 aromatic carbocycles. The zero-order valence-corrected chi connectivity index (χ0v) is 20.8. The molecule has 0 amide bonds. The number of hydrogen-bond acceptors (Lipinski definition) is 9. The largest absolute Gasteiger partial charge is 0.497 e. The Hall–Kier alpha value is -2.19. The van der Waals surface area contributed by atoms with Gasteiger partial charge in [-0.05, 0) is 44.6 Å². The molecule has 9 nitrogen and oxygen atoms in total. The molecule has 0 saturated heterocycles. The number of carbonyl (C=O) groups excluding carboxylic acids is 2. The summed E-state index contributed by atoms with van der Waals surface area (Å²) in [4.78, 5) is 28.0. The first-order valence-electron chi connectivity index (χ1n) is 10.5. The molecule has 0 fully saturated rings. The number of methoxy groups -OCH3 is 3. The third-order valence-corrected chi connectivity index (χ3v) is 6.96. The van der Waals surface area contributed by atoms with Crippen molar-refractivity contribution in [3.63, 3.8) is 0 Å². The highest BCUT2D eigenvalue weighted by Crippen LogP contribution is 2.59. The number of rotatable bonds is 13. The molecule has 0 radical (unpaired) electrons. The van der Waals surface area contributed by atoms with Gasteiger partial charge in [0, 0.05) is 0 Å². The normalized spacial score (nSPS) is 13.4. The van der Waals surface area contributed by atoms with Crippen molar-refractivity contribution in [1.82, 2.24) is 4.90 Å². The van der Waals surface area contributed by atoms with Crippen molar-refractivity contribution < 1.29 is 37.4 Å². The van der Waals surface area contributed by atoms with E-state index in [1.165, 1.54) is 7.11 Å². The Labute approximate surface area is 190 Å². The molecule has 32 heavy (non-hydrogen) atoms. The van der Waals surface area contributed by atoms with Gasteiger partial charge in [-0.1, -0.05) is 26.0 Å². The van der Waals surface area contributed by atoms with Crippen molar-refractivity contribution >= 4 is 19.5 Å². The molecular weight excluding hydrogens is 437 g/mol. The van der Waals surface area contributed by atoms with Gasteiger partial charge in [-0.2, -0.15) is 0 Å². The van der Waals surface area contributed by atoms with Gasteiger partial charge in [0.05, 0.1) is 46.2 Å². The summed E-state index contributed by atoms with van der Waals surface area (Å²) in [6, 6.07) is 6.23. The Kier molecular flexibility index (Phi) is 11.6. The molecule has 1 aromatic rings. The van der Waals surface area contributed by atoms with E-state index in [1.807, 2.05) is 18.7 Å². The van der Waals surface area contributed by atoms with Crippen molar-refractivity contribution in [2.24, 2.45) is 0 Å². The topological polar surface area (TPSA) is 101 Å². The number of nitrogens with zero attached hydrogens (tertiary/aromatic N) is 1. The Morgan fingerprint density at radius 2 is 1.38 bits per heavy atom. The van der Waals surface area contributed by atoms with Crippen LogP contribution < -0.4 is 4.74 Å². The zero-order chi connectivity index (χ0) is 24.3. The van der Waals surface area contributed by atoms with Crippen molar-refractivity contribution in [2.45, 2.75) is 33.7 Å². The molecule has 10 heteroatoms. The molecular formula is C22H34NO8P. The fourth-order valence-corrected chi connectivity index (χ4v) is 5.19. The van der Waals surface area contributed by atoms with Gasteiger partial charge in [0.25, 0.3) is 0 Å². The second-order valence-electron chi connectivity index (χ2n) is 6.48. The maximum atomic E-state index is 13.8. The third-order valence-electron chi connectivity index (χ3n) is 4.79. The molecule has 1 atom stereocenters. The highest BCUT2D eigenvalue weighted by atomic mass is 31.2. The second kappa shape index (κ2) is 13.4. The lowest BCUT2D eigenvalue weighted by molar-refractivity contribution is -0.139. The van der Waals surface area contributed by atoms with Crippen LogP contribution in [0.25, 0.3) is 0 Å². The second-order valence-corrected chi connectivity index (χ2v) is 8.43. The van der Waals surface area contributed by atoms with Crippen LogP contribution in [-0.2, 0) is 32.7 Å². The van der Waals surface area contributed by atoms with Crippen LogP contribution in [0.15, 0.2) is 35.2 Å². The lowest BCUT2D eigenvalue weighted by Gasteiger charge is -2.33. The summed E-state index contributed by atoms with van der Waals surface area (Å²) in [5.74, 6) is -1.20. The summed E-state index contributed by atoms with van der Waals surface area (Å²) in [6.45, 7) is 8.09. The van der Waals surface area contributed by atoms with Crippen LogP contribution in [0.1, 0.15) is 39.3 Å². The van der Waals surface area contributed by atoms with E-state index in [4.69, 9.17) is 23.3 Å². The molecule has 1 rings (SSSR count). The van der Waals surface area contributed by atoms with Crippen molar-refractivity contribution in [3.05, 3.63) is 40.7 Å². The number of hydrogen-bond donors (Lipinski definition) is 0. The molecule has 0 N–H and O–H groups in total. The highest BCUT2D eigenvalue weighted by molar-refractivity contribution is 7.60. The Morgan fingerprint density at radius 3 is 1.75 bits per heavy atom. The molecule has 0 saturated carbocycles. The Morgan fingerprint density at radius 1 is 0.875 bits per heavy atom. The van der Waals surface area contributed by atoms with E-state index in [0.717, 1.165) is 7.11 Å². The average molecular weight is 471 g/mol. The molecule has 180 valence electrons. The van der Waals surface area contributed by atoms with Crippen LogP contribution in [0.5, 0.6) is 5.75 Å². The molecule has 0 bridgehead atoms. The van der Waals surface area contributed by atoms with Gasteiger partial charge in [0.15, 0.2) is 5.31 Å². The Balaban J connectivity index is 4.07. The number of benzene rings is 1. The van der Waals surface area contributed by atoms with Crippen LogP contribution in [0.4, 0.5) is 0 Å². The van der Waals surface area contributed by atoms with E-state index in [1.54, 1.807) is 45.2 Å². The first-order valence-corrected chi connectivity index (χ1v) is 12.0. The quantitative estimate of drug-likeness (QED) is 0.240. The van der Waals surface area contributed by atoms with Crippen LogP contribution in [0, 0.1) is 0 Å². The van der Waals surface area contributed by atoms with Gasteiger partial charge < -0.3 is 23.3 Å². The number of esters is 2. The van der Waals surface area contributed by atoms with Gasteiger partial charge in [-0.3, -0.25) is 9.46 Å². The van der Waals surface area contributed by atoms with Crippen LogP contribution in [0.2, 0.25) is 0 Å². The summed E-state index contributed by atoms with van der Waals surface area (Å²) in [6.07, 6.45) is 0. The minimum atomic E-state index is -4.22. The average Bonchev–Trinajstić information content (AvgIpc) is 2.80. The zero-order valence-electron chi connectivity index (χ0n) is 19.9. The molecule has 0 heterocycles. The van der Waals surface area contributed by atoms with Crippen molar-refractivity contribution in [2.75, 3.05) is 47.6 Å². The van der Waals surface area contributed by atoms with E-state index < -0.39 is 30.9 Å².